The smallest absolute Gasteiger partial charge is 0.227 e. The highest BCUT2D eigenvalue weighted by molar-refractivity contribution is 5.83. The lowest BCUT2D eigenvalue weighted by Crippen LogP contribution is -2.50. The van der Waals surface area contributed by atoms with Gasteiger partial charge in [0.25, 0.3) is 0 Å². The number of ether oxygens (including phenoxy) is 1. The molecular weight excluding hydrogens is 362 g/mol. The minimum absolute atomic E-state index is 0.0283. The minimum atomic E-state index is -0.470. The van der Waals surface area contributed by atoms with Crippen molar-refractivity contribution in [2.45, 2.75) is 52.5 Å². The first-order valence-electron chi connectivity index (χ1n) is 10.6. The summed E-state index contributed by atoms with van der Waals surface area (Å²) in [4.78, 5) is 13.1. The Morgan fingerprint density at radius 1 is 1.07 bits per heavy atom. The molecule has 0 aliphatic carbocycles. The van der Waals surface area contributed by atoms with E-state index in [0.29, 0.717) is 32.5 Å². The van der Waals surface area contributed by atoms with Crippen molar-refractivity contribution >= 4 is 5.91 Å². The van der Waals surface area contributed by atoms with Crippen LogP contribution in [-0.4, -0.2) is 36.9 Å². The Kier molecular flexibility index (Phi) is 7.09. The number of amides is 1. The molecule has 3 rings (SSSR count). The van der Waals surface area contributed by atoms with Crippen LogP contribution >= 0.6 is 0 Å². The van der Waals surface area contributed by atoms with Crippen molar-refractivity contribution < 1.29 is 14.6 Å². The molecule has 0 spiro atoms. The van der Waals surface area contributed by atoms with Crippen LogP contribution in [0.25, 0.3) is 11.1 Å². The molecule has 0 radical (unpaired) electrons. The van der Waals surface area contributed by atoms with Crippen molar-refractivity contribution in [1.82, 2.24) is 5.32 Å². The molecule has 0 saturated carbocycles. The molecule has 0 bridgehead atoms. The summed E-state index contributed by atoms with van der Waals surface area (Å²) in [5, 5.41) is 12.5. The molecule has 1 aliphatic rings. The molecule has 29 heavy (non-hydrogen) atoms. The summed E-state index contributed by atoms with van der Waals surface area (Å²) in [6, 6.07) is 15.0. The van der Waals surface area contributed by atoms with E-state index < -0.39 is 5.41 Å². The van der Waals surface area contributed by atoms with Gasteiger partial charge < -0.3 is 15.2 Å². The molecule has 1 amide bonds. The maximum atomic E-state index is 13.1. The first-order valence-corrected chi connectivity index (χ1v) is 10.6. The number of carbonyl (C=O) groups excluding carboxylic acids is 1. The van der Waals surface area contributed by atoms with Gasteiger partial charge in [-0.15, -0.1) is 0 Å². The molecule has 2 aromatic carbocycles. The molecule has 1 atom stereocenters. The number of aliphatic hydroxyl groups excluding tert-OH is 1. The van der Waals surface area contributed by atoms with Gasteiger partial charge in [-0.25, -0.2) is 0 Å². The predicted octanol–water partition coefficient (Wildman–Crippen LogP) is 4.20. The fourth-order valence-electron chi connectivity index (χ4n) is 4.21. The molecule has 1 heterocycles. The SMILES string of the molecule is CC[C@@H](CO)NC(=O)C1(Cc2ccc(-c3cc(C)cc(C)c3)cc2)CCOCC1. The summed E-state index contributed by atoms with van der Waals surface area (Å²) in [6.07, 6.45) is 2.83. The van der Waals surface area contributed by atoms with E-state index in [1.54, 1.807) is 0 Å². The molecule has 1 saturated heterocycles. The number of nitrogens with one attached hydrogen (secondary N) is 1. The summed E-state index contributed by atoms with van der Waals surface area (Å²) in [7, 11) is 0. The van der Waals surface area contributed by atoms with Crippen LogP contribution in [0, 0.1) is 19.3 Å². The van der Waals surface area contributed by atoms with Gasteiger partial charge in [0.15, 0.2) is 0 Å². The summed E-state index contributed by atoms with van der Waals surface area (Å²) >= 11 is 0. The van der Waals surface area contributed by atoms with E-state index >= 15 is 0 Å². The van der Waals surface area contributed by atoms with Gasteiger partial charge >= 0.3 is 0 Å². The lowest BCUT2D eigenvalue weighted by Gasteiger charge is -2.37. The molecule has 0 aromatic heterocycles. The third-order valence-electron chi connectivity index (χ3n) is 6.03. The average Bonchev–Trinajstić information content (AvgIpc) is 2.72. The largest absolute Gasteiger partial charge is 0.394 e. The Morgan fingerprint density at radius 3 is 2.24 bits per heavy atom. The number of aliphatic hydroxyl groups is 1. The quantitative estimate of drug-likeness (QED) is 0.739. The number of aryl methyl sites for hydroxylation is 2. The van der Waals surface area contributed by atoms with Gasteiger partial charge in [0.1, 0.15) is 0 Å². The number of benzene rings is 2. The molecule has 0 unspecified atom stereocenters. The first-order chi connectivity index (χ1) is 14.0. The van der Waals surface area contributed by atoms with Crippen molar-refractivity contribution in [3.05, 3.63) is 59.2 Å². The van der Waals surface area contributed by atoms with Gasteiger partial charge in [0.2, 0.25) is 5.91 Å². The van der Waals surface area contributed by atoms with Gasteiger partial charge in [-0.3, -0.25) is 4.79 Å². The Balaban J connectivity index is 1.80. The lowest BCUT2D eigenvalue weighted by atomic mass is 9.74. The maximum absolute atomic E-state index is 13.1. The van der Waals surface area contributed by atoms with Crippen molar-refractivity contribution in [2.24, 2.45) is 5.41 Å². The van der Waals surface area contributed by atoms with Crippen LogP contribution in [0.5, 0.6) is 0 Å². The van der Waals surface area contributed by atoms with E-state index in [-0.39, 0.29) is 18.6 Å². The molecule has 4 heteroatoms. The highest BCUT2D eigenvalue weighted by atomic mass is 16.5. The molecule has 1 aliphatic heterocycles. The second-order valence-electron chi connectivity index (χ2n) is 8.40. The fourth-order valence-corrected chi connectivity index (χ4v) is 4.21. The van der Waals surface area contributed by atoms with Gasteiger partial charge in [-0.05, 0) is 56.2 Å². The average molecular weight is 396 g/mol. The number of rotatable bonds is 7. The maximum Gasteiger partial charge on any atom is 0.227 e. The Labute approximate surface area is 174 Å². The molecule has 4 nitrogen and oxygen atoms in total. The van der Waals surface area contributed by atoms with Crippen molar-refractivity contribution in [1.29, 1.82) is 0 Å². The third kappa shape index (κ3) is 5.26. The summed E-state index contributed by atoms with van der Waals surface area (Å²) in [6.45, 7) is 7.39. The number of hydrogen-bond acceptors (Lipinski definition) is 3. The van der Waals surface area contributed by atoms with Crippen LogP contribution < -0.4 is 5.32 Å². The topological polar surface area (TPSA) is 58.6 Å². The van der Waals surface area contributed by atoms with Crippen LogP contribution in [-0.2, 0) is 16.0 Å². The van der Waals surface area contributed by atoms with Gasteiger partial charge in [-0.1, -0.05) is 60.5 Å². The zero-order chi connectivity index (χ0) is 20.9. The minimum Gasteiger partial charge on any atom is -0.394 e. The van der Waals surface area contributed by atoms with Gasteiger partial charge in [-0.2, -0.15) is 0 Å². The Hall–Kier alpha value is -2.17. The number of hydrogen-bond donors (Lipinski definition) is 2. The summed E-state index contributed by atoms with van der Waals surface area (Å²) in [5.74, 6) is 0.0417. The zero-order valence-corrected chi connectivity index (χ0v) is 17.8. The summed E-state index contributed by atoms with van der Waals surface area (Å²) in [5.41, 5.74) is 5.63. The van der Waals surface area contributed by atoms with Crippen LogP contribution in [0.3, 0.4) is 0 Å². The second-order valence-corrected chi connectivity index (χ2v) is 8.40. The van der Waals surface area contributed by atoms with Gasteiger partial charge in [0, 0.05) is 13.2 Å². The lowest BCUT2D eigenvalue weighted by molar-refractivity contribution is -0.137. The van der Waals surface area contributed by atoms with Crippen LogP contribution in [0.2, 0.25) is 0 Å². The third-order valence-corrected chi connectivity index (χ3v) is 6.03. The summed E-state index contributed by atoms with van der Waals surface area (Å²) < 4.78 is 5.54. The Bertz CT molecular complexity index is 798. The normalized spacial score (nSPS) is 17.0. The molecule has 2 N–H and O–H groups in total. The molecule has 2 aromatic rings. The number of carbonyl (C=O) groups is 1. The fraction of sp³-hybridized carbons (Fsp3) is 0.480. The first kappa shape index (κ1) is 21.5. The van der Waals surface area contributed by atoms with E-state index in [1.807, 2.05) is 6.92 Å². The van der Waals surface area contributed by atoms with Crippen LogP contribution in [0.15, 0.2) is 42.5 Å². The highest BCUT2D eigenvalue weighted by Gasteiger charge is 2.40. The monoisotopic (exact) mass is 395 g/mol. The molecule has 1 fully saturated rings. The van der Waals surface area contributed by atoms with Crippen LogP contribution in [0.1, 0.15) is 42.9 Å². The Morgan fingerprint density at radius 2 is 1.69 bits per heavy atom. The van der Waals surface area contributed by atoms with Crippen LogP contribution in [0.4, 0.5) is 0 Å². The van der Waals surface area contributed by atoms with Crippen molar-refractivity contribution in [3.63, 3.8) is 0 Å². The van der Waals surface area contributed by atoms with E-state index in [9.17, 15) is 9.90 Å². The van der Waals surface area contributed by atoms with Crippen molar-refractivity contribution in [3.8, 4) is 11.1 Å². The van der Waals surface area contributed by atoms with E-state index in [4.69, 9.17) is 4.74 Å². The standard InChI is InChI=1S/C25H33NO3/c1-4-23(17-27)26-24(28)25(9-11-29-12-10-25)16-20-5-7-21(8-6-20)22-14-18(2)13-19(3)15-22/h5-8,13-15,23,27H,4,9-12,16-17H2,1-3H3,(H,26,28)/t23-/m0/s1. The highest BCUT2D eigenvalue weighted by Crippen LogP contribution is 2.35. The molecular formula is C25H33NO3. The zero-order valence-electron chi connectivity index (χ0n) is 17.8. The van der Waals surface area contributed by atoms with E-state index in [0.717, 1.165) is 12.0 Å². The van der Waals surface area contributed by atoms with E-state index in [1.165, 1.54) is 22.3 Å². The van der Waals surface area contributed by atoms with Crippen molar-refractivity contribution in [2.75, 3.05) is 19.8 Å². The van der Waals surface area contributed by atoms with E-state index in [2.05, 4.69) is 61.6 Å². The molecule has 156 valence electrons. The predicted molar refractivity (Wildman–Crippen MR) is 117 cm³/mol. The van der Waals surface area contributed by atoms with Gasteiger partial charge in [0.05, 0.1) is 18.1 Å². The second kappa shape index (κ2) is 9.55.